The zero-order valence-electron chi connectivity index (χ0n) is 11.9. The first-order valence-electron chi connectivity index (χ1n) is 7.71. The van der Waals surface area contributed by atoms with Gasteiger partial charge in [-0.1, -0.05) is 6.07 Å². The van der Waals surface area contributed by atoms with Crippen LogP contribution in [0.1, 0.15) is 0 Å². The Kier molecular flexibility index (Phi) is 1.71. The molecule has 0 aromatic heterocycles. The molecule has 0 nitrogen and oxygen atoms in total. The van der Waals surface area contributed by atoms with E-state index in [2.05, 4.69) is 72.8 Å². The van der Waals surface area contributed by atoms with E-state index in [-0.39, 0.29) is 0 Å². The maximum atomic E-state index is 2.34. The van der Waals surface area contributed by atoms with Crippen molar-refractivity contribution in [1.29, 1.82) is 0 Å². The lowest BCUT2D eigenvalue weighted by molar-refractivity contribution is 1.79. The number of benzene rings is 6. The SMILES string of the molecule is c1cc2cc3cc[cH-]c4cc5cccc6cc(c1)c2c(c34)[c+]65. The van der Waals surface area contributed by atoms with Crippen LogP contribution in [-0.2, 0) is 0 Å². The van der Waals surface area contributed by atoms with E-state index in [1.165, 1.54) is 53.9 Å². The Labute approximate surface area is 127 Å². The van der Waals surface area contributed by atoms with E-state index >= 15 is 0 Å². The summed E-state index contributed by atoms with van der Waals surface area (Å²) in [5, 5.41) is 13.7. The van der Waals surface area contributed by atoms with Crippen LogP contribution >= 0.6 is 0 Å². The van der Waals surface area contributed by atoms with E-state index in [1.807, 2.05) is 0 Å². The van der Waals surface area contributed by atoms with Crippen molar-refractivity contribution in [2.24, 2.45) is 0 Å². The summed E-state index contributed by atoms with van der Waals surface area (Å²) >= 11 is 0. The maximum Gasteiger partial charge on any atom is 0.0702 e. The van der Waals surface area contributed by atoms with Crippen LogP contribution in [0.2, 0.25) is 0 Å². The lowest BCUT2D eigenvalue weighted by Crippen LogP contribution is -1.89. The second-order valence-corrected chi connectivity index (χ2v) is 6.24. The first-order chi connectivity index (χ1) is 10.9. The topological polar surface area (TPSA) is 0 Å². The lowest BCUT2D eigenvalue weighted by Gasteiger charge is -2.13. The Balaban J connectivity index is 2.19. The van der Waals surface area contributed by atoms with Crippen molar-refractivity contribution in [3.63, 3.8) is 0 Å². The molecule has 22 heavy (non-hydrogen) atoms. The highest BCUT2D eigenvalue weighted by molar-refractivity contribution is 6.37. The molecule has 0 heteroatoms. The third kappa shape index (κ3) is 1.12. The first-order valence-corrected chi connectivity index (χ1v) is 7.71. The zero-order chi connectivity index (χ0) is 14.3. The smallest absolute Gasteiger partial charge is 0.0702 e. The molecule has 0 aliphatic carbocycles. The Hall–Kier alpha value is -2.86. The normalized spacial score (nSPS) is 12.5. The van der Waals surface area contributed by atoms with E-state index in [4.69, 9.17) is 0 Å². The lowest BCUT2D eigenvalue weighted by atomic mass is 9.86. The Morgan fingerprint density at radius 1 is 0.682 bits per heavy atom. The van der Waals surface area contributed by atoms with Crippen molar-refractivity contribution >= 4 is 53.9 Å². The molecule has 0 unspecified atom stereocenters. The molecule has 0 saturated carbocycles. The van der Waals surface area contributed by atoms with Gasteiger partial charge in [0.05, 0.1) is 21.5 Å². The molecule has 0 N–H and O–H groups in total. The highest BCUT2D eigenvalue weighted by atomic mass is 14.2. The molecular formula is C22H12. The van der Waals surface area contributed by atoms with Crippen LogP contribution in [0, 0.1) is 0 Å². The van der Waals surface area contributed by atoms with Crippen LogP contribution in [0.5, 0.6) is 0 Å². The van der Waals surface area contributed by atoms with Gasteiger partial charge < -0.3 is 0 Å². The fourth-order valence-corrected chi connectivity index (χ4v) is 4.23. The second-order valence-electron chi connectivity index (χ2n) is 6.24. The molecular weight excluding hydrogens is 264 g/mol. The van der Waals surface area contributed by atoms with Gasteiger partial charge in [0.25, 0.3) is 0 Å². The highest BCUT2D eigenvalue weighted by Crippen LogP contribution is 2.43. The molecule has 0 saturated heterocycles. The average Bonchev–Trinajstić information content (AvgIpc) is 2.55. The zero-order valence-corrected chi connectivity index (χ0v) is 11.9. The van der Waals surface area contributed by atoms with Gasteiger partial charge in [-0.15, -0.1) is 18.2 Å². The van der Waals surface area contributed by atoms with Crippen LogP contribution in [0.3, 0.4) is 0 Å². The van der Waals surface area contributed by atoms with Gasteiger partial charge in [-0.3, -0.25) is 0 Å². The second kappa shape index (κ2) is 3.48. The number of rotatable bonds is 0. The predicted octanol–water partition coefficient (Wildman–Crippen LogP) is 6.33. The van der Waals surface area contributed by atoms with Gasteiger partial charge in [-0.25, -0.2) is 0 Å². The Morgan fingerprint density at radius 3 is 2.32 bits per heavy atom. The van der Waals surface area contributed by atoms with Crippen molar-refractivity contribution in [3.8, 4) is 0 Å². The minimum atomic E-state index is 1.34. The van der Waals surface area contributed by atoms with Gasteiger partial charge in [0.1, 0.15) is 0 Å². The van der Waals surface area contributed by atoms with Gasteiger partial charge in [0, 0.05) is 27.6 Å². The molecule has 0 amide bonds. The third-order valence-corrected chi connectivity index (χ3v) is 5.07. The van der Waals surface area contributed by atoms with Gasteiger partial charge >= 0.3 is 0 Å². The molecule has 0 radical (unpaired) electrons. The Morgan fingerprint density at radius 2 is 1.41 bits per heavy atom. The highest BCUT2D eigenvalue weighted by Gasteiger charge is 2.19. The fourth-order valence-electron chi connectivity index (χ4n) is 4.23. The fraction of sp³-hybridized carbons (Fsp3) is 0. The van der Waals surface area contributed by atoms with Crippen molar-refractivity contribution in [2.75, 3.05) is 0 Å². The minimum Gasteiger partial charge on any atom is -0.141 e. The van der Waals surface area contributed by atoms with Crippen LogP contribution in [0.15, 0.2) is 72.8 Å². The number of hydrogen-bond acceptors (Lipinski definition) is 0. The summed E-state index contributed by atoms with van der Waals surface area (Å²) in [6.07, 6.45) is 0. The number of hydrogen-bond donors (Lipinski definition) is 0. The molecule has 6 rings (SSSR count). The molecule has 6 aromatic carbocycles. The molecule has 0 heterocycles. The van der Waals surface area contributed by atoms with Crippen LogP contribution in [-0.4, -0.2) is 0 Å². The van der Waals surface area contributed by atoms with Gasteiger partial charge in [-0.2, -0.15) is 0 Å². The predicted molar refractivity (Wildman–Crippen MR) is 96.3 cm³/mol. The standard InChI is InChI=1S/C22H12/c1-4-13-10-15-6-2-8-17-12-18-9-3-7-16-11-14(5-1)19(13)22(20(15)17)21(16)18/h1-12H. The average molecular weight is 276 g/mol. The van der Waals surface area contributed by atoms with Crippen molar-refractivity contribution in [1.82, 2.24) is 0 Å². The van der Waals surface area contributed by atoms with Crippen LogP contribution < -0.4 is 0 Å². The van der Waals surface area contributed by atoms with E-state index in [1.54, 1.807) is 0 Å². The monoisotopic (exact) mass is 276 g/mol. The summed E-state index contributed by atoms with van der Waals surface area (Å²) in [6, 6.07) is 26.9. The molecule has 0 bridgehead atoms. The van der Waals surface area contributed by atoms with E-state index in [9.17, 15) is 0 Å². The molecule has 0 fully saturated rings. The van der Waals surface area contributed by atoms with Crippen LogP contribution in [0.4, 0.5) is 0 Å². The summed E-state index contributed by atoms with van der Waals surface area (Å²) in [5.74, 6) is 0. The quantitative estimate of drug-likeness (QED) is 0.173. The minimum absolute atomic E-state index is 1.34. The molecule has 100 valence electrons. The van der Waals surface area contributed by atoms with Crippen molar-refractivity contribution in [3.05, 3.63) is 72.8 Å². The summed E-state index contributed by atoms with van der Waals surface area (Å²) in [6.45, 7) is 0. The summed E-state index contributed by atoms with van der Waals surface area (Å²) in [4.78, 5) is 0. The van der Waals surface area contributed by atoms with Gasteiger partial charge in [-0.05, 0) is 53.2 Å². The van der Waals surface area contributed by atoms with Crippen molar-refractivity contribution < 1.29 is 0 Å². The first kappa shape index (κ1) is 10.8. The molecule has 0 spiro atoms. The summed E-state index contributed by atoms with van der Waals surface area (Å²) in [7, 11) is 0. The molecule has 6 aromatic rings. The molecule has 0 aliphatic rings. The largest absolute Gasteiger partial charge is 0.141 e. The maximum absolute atomic E-state index is 2.34. The summed E-state index contributed by atoms with van der Waals surface area (Å²) < 4.78 is 0. The Bertz CT molecular complexity index is 1070. The van der Waals surface area contributed by atoms with Crippen LogP contribution in [0.25, 0.3) is 53.9 Å². The van der Waals surface area contributed by atoms with Crippen molar-refractivity contribution in [2.45, 2.75) is 0 Å². The van der Waals surface area contributed by atoms with Gasteiger partial charge in [0.15, 0.2) is 0 Å². The molecule has 0 atom stereocenters. The van der Waals surface area contributed by atoms with E-state index < -0.39 is 0 Å². The van der Waals surface area contributed by atoms with E-state index in [0.717, 1.165) is 0 Å². The van der Waals surface area contributed by atoms with Gasteiger partial charge in [0.2, 0.25) is 0 Å². The van der Waals surface area contributed by atoms with E-state index in [0.29, 0.717) is 0 Å². The third-order valence-electron chi connectivity index (χ3n) is 5.07. The summed E-state index contributed by atoms with van der Waals surface area (Å²) in [5.41, 5.74) is 0. The molecule has 0 aliphatic heterocycles.